The number of piperazine rings is 1. The second-order valence-corrected chi connectivity index (χ2v) is 9.89. The predicted molar refractivity (Wildman–Crippen MR) is 127 cm³/mol. The summed E-state index contributed by atoms with van der Waals surface area (Å²) in [4.78, 5) is 28.6. The number of carbonyl (C=O) groups excluding carboxylic acids is 2. The molecule has 3 rings (SSSR count). The molecule has 1 atom stereocenters. The Morgan fingerprint density at radius 3 is 2.12 bits per heavy atom. The standard InChI is InChI=1S/C24H31N3O6S/c1-4-33-24(29)27-16-14-26(15-17-27)23(28)18-22(19-10-12-20(32-3)13-11-19)25(2)34(30,31)21-8-6-5-7-9-21/h5-13,22H,4,14-18H2,1-3H3/t22-/m0/s1. The van der Waals surface area contributed by atoms with Gasteiger partial charge in [-0.05, 0) is 36.8 Å². The van der Waals surface area contributed by atoms with Gasteiger partial charge in [0, 0.05) is 39.6 Å². The Hall–Kier alpha value is -3.11. The molecular formula is C24H31N3O6S. The lowest BCUT2D eigenvalue weighted by atomic mass is 10.0. The van der Waals surface area contributed by atoms with E-state index < -0.39 is 16.1 Å². The smallest absolute Gasteiger partial charge is 0.409 e. The first-order valence-electron chi connectivity index (χ1n) is 11.1. The normalized spacial score (nSPS) is 15.2. The molecule has 0 bridgehead atoms. The number of methoxy groups -OCH3 is 1. The minimum Gasteiger partial charge on any atom is -0.497 e. The summed E-state index contributed by atoms with van der Waals surface area (Å²) in [5, 5.41) is 0. The van der Waals surface area contributed by atoms with Crippen molar-refractivity contribution in [3.05, 3.63) is 60.2 Å². The van der Waals surface area contributed by atoms with Crippen molar-refractivity contribution < 1.29 is 27.5 Å². The fraction of sp³-hybridized carbons (Fsp3) is 0.417. The van der Waals surface area contributed by atoms with E-state index in [4.69, 9.17) is 9.47 Å². The molecule has 0 aliphatic carbocycles. The van der Waals surface area contributed by atoms with Gasteiger partial charge in [-0.2, -0.15) is 4.31 Å². The van der Waals surface area contributed by atoms with Crippen LogP contribution in [0.3, 0.4) is 0 Å². The van der Waals surface area contributed by atoms with Gasteiger partial charge in [0.25, 0.3) is 0 Å². The molecule has 0 spiro atoms. The lowest BCUT2D eigenvalue weighted by Crippen LogP contribution is -2.51. The summed E-state index contributed by atoms with van der Waals surface area (Å²) in [6.07, 6.45) is -0.423. The summed E-state index contributed by atoms with van der Waals surface area (Å²) < 4.78 is 38.1. The fourth-order valence-electron chi connectivity index (χ4n) is 3.86. The van der Waals surface area contributed by atoms with Crippen molar-refractivity contribution in [3.63, 3.8) is 0 Å². The summed E-state index contributed by atoms with van der Waals surface area (Å²) in [7, 11) is -0.800. The summed E-state index contributed by atoms with van der Waals surface area (Å²) in [6, 6.07) is 14.5. The molecule has 0 unspecified atom stereocenters. The third-order valence-electron chi connectivity index (χ3n) is 5.89. The molecule has 1 heterocycles. The highest BCUT2D eigenvalue weighted by Crippen LogP contribution is 2.31. The highest BCUT2D eigenvalue weighted by Gasteiger charge is 2.33. The Morgan fingerprint density at radius 2 is 1.56 bits per heavy atom. The molecule has 1 saturated heterocycles. The third-order valence-corrected chi connectivity index (χ3v) is 7.77. The first-order valence-corrected chi connectivity index (χ1v) is 12.6. The van der Waals surface area contributed by atoms with E-state index in [9.17, 15) is 18.0 Å². The molecule has 0 radical (unpaired) electrons. The Morgan fingerprint density at radius 1 is 0.971 bits per heavy atom. The quantitative estimate of drug-likeness (QED) is 0.566. The van der Waals surface area contributed by atoms with Crippen LogP contribution >= 0.6 is 0 Å². The molecule has 1 aliphatic heterocycles. The SMILES string of the molecule is CCOC(=O)N1CCN(C(=O)C[C@@H](c2ccc(OC)cc2)N(C)S(=O)(=O)c2ccccc2)CC1. The van der Waals surface area contributed by atoms with Gasteiger partial charge in [0.1, 0.15) is 5.75 Å². The monoisotopic (exact) mass is 489 g/mol. The molecule has 2 aromatic rings. The van der Waals surface area contributed by atoms with Crippen molar-refractivity contribution in [3.8, 4) is 5.75 Å². The van der Waals surface area contributed by atoms with Crippen LogP contribution in [-0.4, -0.2) is 81.5 Å². The van der Waals surface area contributed by atoms with Gasteiger partial charge in [0.2, 0.25) is 15.9 Å². The number of hydrogen-bond donors (Lipinski definition) is 0. The predicted octanol–water partition coefficient (Wildman–Crippen LogP) is 2.75. The molecule has 10 heteroatoms. The maximum absolute atomic E-state index is 13.3. The second kappa shape index (κ2) is 11.3. The first-order chi connectivity index (χ1) is 16.3. The number of rotatable bonds is 8. The summed E-state index contributed by atoms with van der Waals surface area (Å²) in [6.45, 7) is 3.51. The minimum absolute atomic E-state index is 0.0334. The van der Waals surface area contributed by atoms with Crippen LogP contribution in [0, 0.1) is 0 Å². The van der Waals surface area contributed by atoms with Crippen molar-refractivity contribution in [1.29, 1.82) is 0 Å². The highest BCUT2D eigenvalue weighted by molar-refractivity contribution is 7.89. The molecule has 34 heavy (non-hydrogen) atoms. The molecule has 2 amide bonds. The number of hydrogen-bond acceptors (Lipinski definition) is 6. The number of sulfonamides is 1. The molecule has 184 valence electrons. The lowest BCUT2D eigenvalue weighted by Gasteiger charge is -2.35. The summed E-state index contributed by atoms with van der Waals surface area (Å²) in [5.74, 6) is 0.455. The van der Waals surface area contributed by atoms with E-state index in [2.05, 4.69) is 0 Å². The molecule has 2 aromatic carbocycles. The van der Waals surface area contributed by atoms with E-state index in [1.165, 1.54) is 23.5 Å². The van der Waals surface area contributed by atoms with Crippen molar-refractivity contribution in [2.24, 2.45) is 0 Å². The Kier molecular flexibility index (Phi) is 8.51. The molecule has 0 saturated carbocycles. The largest absolute Gasteiger partial charge is 0.497 e. The van der Waals surface area contributed by atoms with E-state index >= 15 is 0 Å². The topological polar surface area (TPSA) is 96.5 Å². The van der Waals surface area contributed by atoms with Crippen molar-refractivity contribution >= 4 is 22.0 Å². The molecule has 1 aliphatic rings. The highest BCUT2D eigenvalue weighted by atomic mass is 32.2. The van der Waals surface area contributed by atoms with Crippen LogP contribution in [0.4, 0.5) is 4.79 Å². The van der Waals surface area contributed by atoms with Gasteiger partial charge in [-0.3, -0.25) is 4.79 Å². The van der Waals surface area contributed by atoms with Gasteiger partial charge < -0.3 is 19.3 Å². The van der Waals surface area contributed by atoms with Crippen LogP contribution in [0.2, 0.25) is 0 Å². The average molecular weight is 490 g/mol. The lowest BCUT2D eigenvalue weighted by molar-refractivity contribution is -0.133. The zero-order valence-corrected chi connectivity index (χ0v) is 20.5. The summed E-state index contributed by atoms with van der Waals surface area (Å²) >= 11 is 0. The fourth-order valence-corrected chi connectivity index (χ4v) is 5.22. The number of benzene rings is 2. The van der Waals surface area contributed by atoms with Crippen LogP contribution in [0.1, 0.15) is 24.9 Å². The molecule has 1 fully saturated rings. The number of amides is 2. The van der Waals surface area contributed by atoms with E-state index in [1.807, 2.05) is 0 Å². The van der Waals surface area contributed by atoms with Crippen LogP contribution in [0.15, 0.2) is 59.5 Å². The van der Waals surface area contributed by atoms with Gasteiger partial charge in [0.15, 0.2) is 0 Å². The van der Waals surface area contributed by atoms with Crippen molar-refractivity contribution in [2.45, 2.75) is 24.3 Å². The number of carbonyl (C=O) groups is 2. The molecule has 0 N–H and O–H groups in total. The molecule has 0 aromatic heterocycles. The van der Waals surface area contributed by atoms with Gasteiger partial charge in [-0.1, -0.05) is 30.3 Å². The van der Waals surface area contributed by atoms with Crippen LogP contribution in [0.5, 0.6) is 5.75 Å². The maximum Gasteiger partial charge on any atom is 0.409 e. The van der Waals surface area contributed by atoms with E-state index in [1.54, 1.807) is 66.3 Å². The molecule has 9 nitrogen and oxygen atoms in total. The molecular weight excluding hydrogens is 458 g/mol. The first kappa shape index (κ1) is 25.5. The van der Waals surface area contributed by atoms with E-state index in [0.29, 0.717) is 44.1 Å². The minimum atomic E-state index is -3.84. The van der Waals surface area contributed by atoms with Crippen LogP contribution < -0.4 is 4.74 Å². The third kappa shape index (κ3) is 5.87. The Balaban J connectivity index is 1.80. The average Bonchev–Trinajstić information content (AvgIpc) is 2.87. The zero-order valence-electron chi connectivity index (χ0n) is 19.7. The van der Waals surface area contributed by atoms with Gasteiger partial charge in [0.05, 0.1) is 24.7 Å². The zero-order chi connectivity index (χ0) is 24.7. The summed E-state index contributed by atoms with van der Waals surface area (Å²) in [5.41, 5.74) is 0.682. The Bertz CT molecular complexity index is 1070. The van der Waals surface area contributed by atoms with E-state index in [0.717, 1.165) is 0 Å². The van der Waals surface area contributed by atoms with Crippen LogP contribution in [-0.2, 0) is 19.6 Å². The number of ether oxygens (including phenoxy) is 2. The van der Waals surface area contributed by atoms with Crippen molar-refractivity contribution in [2.75, 3.05) is 46.9 Å². The van der Waals surface area contributed by atoms with Crippen molar-refractivity contribution in [1.82, 2.24) is 14.1 Å². The van der Waals surface area contributed by atoms with Gasteiger partial charge in [-0.25, -0.2) is 13.2 Å². The Labute approximate surface area is 200 Å². The van der Waals surface area contributed by atoms with Crippen LogP contribution in [0.25, 0.3) is 0 Å². The maximum atomic E-state index is 13.3. The van der Waals surface area contributed by atoms with Gasteiger partial charge in [-0.15, -0.1) is 0 Å². The van der Waals surface area contributed by atoms with E-state index in [-0.39, 0.29) is 23.3 Å². The second-order valence-electron chi connectivity index (χ2n) is 7.89. The van der Waals surface area contributed by atoms with Gasteiger partial charge >= 0.3 is 6.09 Å². The number of nitrogens with zero attached hydrogens (tertiary/aromatic N) is 3.